The summed E-state index contributed by atoms with van der Waals surface area (Å²) in [7, 11) is 3.88. The maximum atomic E-state index is 6.26. The zero-order chi connectivity index (χ0) is 18.8. The molecule has 0 spiro atoms. The van der Waals surface area contributed by atoms with Crippen LogP contribution in [0.4, 0.5) is 0 Å². The first kappa shape index (κ1) is 21.0. The molecule has 0 aromatic heterocycles. The largest absolute Gasteiger partial charge is 0.356 e. The highest BCUT2D eigenvalue weighted by atomic mass is 35.5. The Balaban J connectivity index is 1.63. The summed E-state index contributed by atoms with van der Waals surface area (Å²) in [4.78, 5) is 11.6. The fourth-order valence-electron chi connectivity index (χ4n) is 3.33. The van der Waals surface area contributed by atoms with Crippen molar-refractivity contribution in [1.82, 2.24) is 20.0 Å². The lowest BCUT2D eigenvalue weighted by molar-refractivity contribution is 0.136. The van der Waals surface area contributed by atoms with Gasteiger partial charge in [0.05, 0.1) is 0 Å². The molecule has 1 N–H and O–H groups in total. The van der Waals surface area contributed by atoms with E-state index in [0.717, 1.165) is 36.1 Å². The Hall–Kier alpha value is -1.30. The normalized spacial score (nSPS) is 16.7. The lowest BCUT2D eigenvalue weighted by atomic mass is 10.2. The first-order valence-electron chi connectivity index (χ1n) is 9.74. The molecule has 1 aromatic rings. The molecule has 1 fully saturated rings. The molecular weight excluding hydrogens is 346 g/mol. The van der Waals surface area contributed by atoms with Crippen molar-refractivity contribution in [3.8, 4) is 0 Å². The van der Waals surface area contributed by atoms with Crippen molar-refractivity contribution in [3.63, 3.8) is 0 Å². The number of piperazine rings is 1. The van der Waals surface area contributed by atoms with Crippen LogP contribution in [0.3, 0.4) is 0 Å². The van der Waals surface area contributed by atoms with E-state index in [2.05, 4.69) is 38.0 Å². The van der Waals surface area contributed by atoms with Crippen LogP contribution in [0, 0.1) is 0 Å². The maximum absolute atomic E-state index is 6.26. The molecule has 1 heterocycles. The maximum Gasteiger partial charge on any atom is 0.193 e. The molecule has 0 radical (unpaired) electrons. The van der Waals surface area contributed by atoms with Crippen molar-refractivity contribution in [2.45, 2.75) is 26.3 Å². The van der Waals surface area contributed by atoms with E-state index in [1.165, 1.54) is 45.7 Å². The van der Waals surface area contributed by atoms with Gasteiger partial charge in [-0.05, 0) is 37.6 Å². The highest BCUT2D eigenvalue weighted by molar-refractivity contribution is 6.31. The minimum absolute atomic E-state index is 0.751. The van der Waals surface area contributed by atoms with Crippen LogP contribution in [-0.4, -0.2) is 80.6 Å². The summed E-state index contributed by atoms with van der Waals surface area (Å²) in [6.07, 6.45) is 2.39. The van der Waals surface area contributed by atoms with E-state index in [1.807, 2.05) is 32.3 Å². The van der Waals surface area contributed by atoms with Gasteiger partial charge in [-0.1, -0.05) is 36.7 Å². The summed E-state index contributed by atoms with van der Waals surface area (Å²) in [6, 6.07) is 7.97. The molecule has 5 nitrogen and oxygen atoms in total. The number of likely N-dealkylation sites (N-methyl/N-ethyl adjacent to an activating group) is 1. The molecule has 0 bridgehead atoms. The number of hydrogen-bond donors (Lipinski definition) is 1. The van der Waals surface area contributed by atoms with Gasteiger partial charge in [-0.2, -0.15) is 0 Å². The van der Waals surface area contributed by atoms with Gasteiger partial charge in [0, 0.05) is 58.4 Å². The van der Waals surface area contributed by atoms with Gasteiger partial charge in [0.25, 0.3) is 0 Å². The average molecular weight is 380 g/mol. The van der Waals surface area contributed by atoms with E-state index in [1.54, 1.807) is 0 Å². The SMILES string of the molecule is CCN1CCN(CCCCNC(=NC)N(C)Cc2ccccc2Cl)CC1. The fraction of sp³-hybridized carbons (Fsp3) is 0.650. The Morgan fingerprint density at radius 3 is 2.50 bits per heavy atom. The number of unbranched alkanes of at least 4 members (excludes halogenated alkanes) is 1. The highest BCUT2D eigenvalue weighted by Gasteiger charge is 2.14. The third-order valence-electron chi connectivity index (χ3n) is 5.04. The lowest BCUT2D eigenvalue weighted by Gasteiger charge is -2.34. The van der Waals surface area contributed by atoms with Gasteiger partial charge >= 0.3 is 0 Å². The third kappa shape index (κ3) is 6.78. The predicted octanol–water partition coefficient (Wildman–Crippen LogP) is 2.76. The molecule has 0 amide bonds. The van der Waals surface area contributed by atoms with E-state index < -0.39 is 0 Å². The van der Waals surface area contributed by atoms with Gasteiger partial charge in [-0.3, -0.25) is 4.99 Å². The van der Waals surface area contributed by atoms with E-state index in [4.69, 9.17) is 11.6 Å². The number of halogens is 1. The number of aliphatic imine (C=N–C) groups is 1. The van der Waals surface area contributed by atoms with Gasteiger partial charge in [-0.15, -0.1) is 0 Å². The second-order valence-corrected chi connectivity index (χ2v) is 7.31. The van der Waals surface area contributed by atoms with Gasteiger partial charge < -0.3 is 20.0 Å². The first-order chi connectivity index (χ1) is 12.6. The Labute approximate surface area is 164 Å². The number of rotatable bonds is 8. The molecule has 0 aliphatic carbocycles. The van der Waals surface area contributed by atoms with Crippen LogP contribution in [0.25, 0.3) is 0 Å². The lowest BCUT2D eigenvalue weighted by Crippen LogP contribution is -2.46. The molecule has 0 unspecified atom stereocenters. The number of benzene rings is 1. The second kappa shape index (κ2) is 11.4. The van der Waals surface area contributed by atoms with Crippen molar-refractivity contribution in [3.05, 3.63) is 34.9 Å². The first-order valence-corrected chi connectivity index (χ1v) is 10.1. The summed E-state index contributed by atoms with van der Waals surface area (Å²) in [5, 5.41) is 4.27. The molecule has 26 heavy (non-hydrogen) atoms. The van der Waals surface area contributed by atoms with Crippen LogP contribution in [0.5, 0.6) is 0 Å². The molecule has 146 valence electrons. The third-order valence-corrected chi connectivity index (χ3v) is 5.40. The van der Waals surface area contributed by atoms with Crippen LogP contribution >= 0.6 is 11.6 Å². The number of nitrogens with zero attached hydrogens (tertiary/aromatic N) is 4. The van der Waals surface area contributed by atoms with E-state index in [-0.39, 0.29) is 0 Å². The summed E-state index contributed by atoms with van der Waals surface area (Å²) >= 11 is 6.26. The fourth-order valence-corrected chi connectivity index (χ4v) is 3.53. The summed E-state index contributed by atoms with van der Waals surface area (Å²) < 4.78 is 0. The van der Waals surface area contributed by atoms with Crippen LogP contribution in [0.15, 0.2) is 29.3 Å². The molecule has 0 saturated carbocycles. The molecule has 6 heteroatoms. The Bertz CT molecular complexity index is 555. The molecule has 2 rings (SSSR count). The molecule has 1 saturated heterocycles. The second-order valence-electron chi connectivity index (χ2n) is 6.90. The van der Waals surface area contributed by atoms with Crippen molar-refractivity contribution in [2.75, 3.05) is 59.9 Å². The van der Waals surface area contributed by atoms with E-state index in [9.17, 15) is 0 Å². The minimum Gasteiger partial charge on any atom is -0.356 e. The number of nitrogens with one attached hydrogen (secondary N) is 1. The van der Waals surface area contributed by atoms with Crippen LogP contribution < -0.4 is 5.32 Å². The molecular formula is C20H34ClN5. The predicted molar refractivity (Wildman–Crippen MR) is 112 cm³/mol. The topological polar surface area (TPSA) is 34.1 Å². The quantitative estimate of drug-likeness (QED) is 0.428. The average Bonchev–Trinajstić information content (AvgIpc) is 2.67. The van der Waals surface area contributed by atoms with E-state index >= 15 is 0 Å². The standard InChI is InChI=1S/C20H34ClN5/c1-4-25-13-15-26(16-14-25)12-8-7-11-23-20(22-2)24(3)17-18-9-5-6-10-19(18)21/h5-6,9-10H,4,7-8,11-17H2,1-3H3,(H,22,23). The monoisotopic (exact) mass is 379 g/mol. The highest BCUT2D eigenvalue weighted by Crippen LogP contribution is 2.16. The summed E-state index contributed by atoms with van der Waals surface area (Å²) in [5.41, 5.74) is 1.12. The van der Waals surface area contributed by atoms with Gasteiger partial charge in [0.1, 0.15) is 0 Å². The molecule has 1 aliphatic rings. The minimum atomic E-state index is 0.751. The van der Waals surface area contributed by atoms with Crippen molar-refractivity contribution in [1.29, 1.82) is 0 Å². The van der Waals surface area contributed by atoms with E-state index in [0.29, 0.717) is 0 Å². The Kier molecular flexibility index (Phi) is 9.23. The molecule has 1 aliphatic heterocycles. The van der Waals surface area contributed by atoms with Crippen molar-refractivity contribution in [2.24, 2.45) is 4.99 Å². The Morgan fingerprint density at radius 2 is 1.85 bits per heavy atom. The van der Waals surface area contributed by atoms with Gasteiger partial charge in [0.15, 0.2) is 5.96 Å². The van der Waals surface area contributed by atoms with Crippen molar-refractivity contribution < 1.29 is 0 Å². The summed E-state index contributed by atoms with van der Waals surface area (Å²) in [5.74, 6) is 0.918. The Morgan fingerprint density at radius 1 is 1.15 bits per heavy atom. The zero-order valence-corrected chi connectivity index (χ0v) is 17.3. The number of hydrogen-bond acceptors (Lipinski definition) is 3. The van der Waals surface area contributed by atoms with Crippen LogP contribution in [0.2, 0.25) is 5.02 Å². The molecule has 1 aromatic carbocycles. The van der Waals surface area contributed by atoms with Crippen LogP contribution in [0.1, 0.15) is 25.3 Å². The summed E-state index contributed by atoms with van der Waals surface area (Å²) in [6.45, 7) is 11.2. The van der Waals surface area contributed by atoms with Crippen LogP contribution in [-0.2, 0) is 6.54 Å². The van der Waals surface area contributed by atoms with Gasteiger partial charge in [-0.25, -0.2) is 0 Å². The van der Waals surface area contributed by atoms with Gasteiger partial charge in [0.2, 0.25) is 0 Å². The number of guanidine groups is 1. The smallest absolute Gasteiger partial charge is 0.193 e. The van der Waals surface area contributed by atoms with Crippen molar-refractivity contribution >= 4 is 17.6 Å². The zero-order valence-electron chi connectivity index (χ0n) is 16.5. The molecule has 0 atom stereocenters.